The van der Waals surface area contributed by atoms with Gasteiger partial charge in [0, 0.05) is 25.7 Å². The Morgan fingerprint density at radius 1 is 1.32 bits per heavy atom. The number of nitrogens with zero attached hydrogens (tertiary/aromatic N) is 1. The van der Waals surface area contributed by atoms with Gasteiger partial charge in [-0.25, -0.2) is 4.79 Å². The Morgan fingerprint density at radius 3 is 2.53 bits per heavy atom. The van der Waals surface area contributed by atoms with Crippen molar-refractivity contribution in [3.05, 3.63) is 0 Å². The number of piperidine rings is 1. The molecule has 0 bridgehead atoms. The number of ether oxygens (including phenoxy) is 1. The topological polar surface area (TPSA) is 41.6 Å². The van der Waals surface area contributed by atoms with Crippen molar-refractivity contribution in [3.63, 3.8) is 0 Å². The van der Waals surface area contributed by atoms with Gasteiger partial charge in [0.25, 0.3) is 0 Å². The van der Waals surface area contributed by atoms with Crippen LogP contribution >= 0.6 is 0 Å². The predicted molar refractivity (Wildman–Crippen MR) is 78.2 cm³/mol. The molecule has 0 aromatic carbocycles. The second-order valence-corrected chi connectivity index (χ2v) is 6.75. The van der Waals surface area contributed by atoms with Gasteiger partial charge in [-0.1, -0.05) is 34.1 Å². The van der Waals surface area contributed by atoms with Crippen molar-refractivity contribution in [2.75, 3.05) is 26.2 Å². The van der Waals surface area contributed by atoms with Gasteiger partial charge in [-0.3, -0.25) is 0 Å². The van der Waals surface area contributed by atoms with E-state index in [0.29, 0.717) is 18.6 Å². The molecule has 1 amide bonds. The summed E-state index contributed by atoms with van der Waals surface area (Å²) < 4.78 is 5.13. The average molecular weight is 270 g/mol. The Hall–Kier alpha value is -0.770. The fraction of sp³-hybridized carbons (Fsp3) is 0.933. The van der Waals surface area contributed by atoms with Gasteiger partial charge in [-0.2, -0.15) is 0 Å². The fourth-order valence-electron chi connectivity index (χ4n) is 2.46. The monoisotopic (exact) mass is 270 g/mol. The predicted octanol–water partition coefficient (Wildman–Crippen LogP) is 2.88. The summed E-state index contributed by atoms with van der Waals surface area (Å²) in [6.45, 7) is 13.8. The van der Waals surface area contributed by atoms with Gasteiger partial charge < -0.3 is 15.0 Å². The zero-order valence-corrected chi connectivity index (χ0v) is 13.2. The Kier molecular flexibility index (Phi) is 6.11. The second kappa shape index (κ2) is 7.13. The minimum absolute atomic E-state index is 0.164. The van der Waals surface area contributed by atoms with Crippen LogP contribution in [-0.4, -0.2) is 43.3 Å². The zero-order chi connectivity index (χ0) is 14.5. The number of carbonyl (C=O) groups is 1. The quantitative estimate of drug-likeness (QED) is 0.854. The molecule has 4 heteroatoms. The lowest BCUT2D eigenvalue weighted by atomic mass is 9.90. The number of carbonyl (C=O) groups excluding carboxylic acids is 1. The summed E-state index contributed by atoms with van der Waals surface area (Å²) in [6, 6.07) is 0.391. The smallest absolute Gasteiger partial charge is 0.409 e. The molecule has 0 aliphatic carbocycles. The number of hydrogen-bond acceptors (Lipinski definition) is 3. The molecule has 1 rings (SSSR count). The van der Waals surface area contributed by atoms with Crippen LogP contribution in [0.25, 0.3) is 0 Å². The third-order valence-electron chi connectivity index (χ3n) is 3.56. The first-order chi connectivity index (χ1) is 8.85. The van der Waals surface area contributed by atoms with Crippen LogP contribution in [0.5, 0.6) is 0 Å². The van der Waals surface area contributed by atoms with Crippen LogP contribution in [0.15, 0.2) is 0 Å². The Morgan fingerprint density at radius 2 is 2.00 bits per heavy atom. The molecule has 1 fully saturated rings. The second-order valence-electron chi connectivity index (χ2n) is 6.75. The van der Waals surface area contributed by atoms with Crippen molar-refractivity contribution < 1.29 is 9.53 Å². The lowest BCUT2D eigenvalue weighted by Gasteiger charge is -2.38. The summed E-state index contributed by atoms with van der Waals surface area (Å²) in [5.41, 5.74) is 0.272. The summed E-state index contributed by atoms with van der Waals surface area (Å²) in [4.78, 5) is 13.7. The highest BCUT2D eigenvalue weighted by Gasteiger charge is 2.30. The number of amides is 1. The van der Waals surface area contributed by atoms with E-state index < -0.39 is 0 Å². The van der Waals surface area contributed by atoms with E-state index in [1.165, 1.54) is 0 Å². The molecule has 0 saturated carbocycles. The van der Waals surface area contributed by atoms with Gasteiger partial charge in [-0.15, -0.1) is 0 Å². The molecule has 1 heterocycles. The molecule has 0 aromatic heterocycles. The van der Waals surface area contributed by atoms with Gasteiger partial charge in [0.1, 0.15) is 0 Å². The number of likely N-dealkylation sites (tertiary alicyclic amines) is 1. The molecule has 0 spiro atoms. The average Bonchev–Trinajstić information content (AvgIpc) is 2.35. The SMILES string of the molecule is CCOC(=O)N1CC(CC)CC(NCC(C)(C)C)C1. The van der Waals surface area contributed by atoms with Gasteiger partial charge in [0.2, 0.25) is 0 Å². The number of nitrogens with one attached hydrogen (secondary N) is 1. The Balaban J connectivity index is 2.54. The van der Waals surface area contributed by atoms with Crippen molar-refractivity contribution in [1.82, 2.24) is 10.2 Å². The summed E-state index contributed by atoms with van der Waals surface area (Å²) in [5, 5.41) is 3.60. The van der Waals surface area contributed by atoms with E-state index in [0.717, 1.165) is 32.5 Å². The molecular formula is C15H30N2O2. The Labute approximate surface area is 117 Å². The molecule has 1 N–H and O–H groups in total. The molecule has 0 radical (unpaired) electrons. The molecular weight excluding hydrogens is 240 g/mol. The standard InChI is InChI=1S/C15H30N2O2/c1-6-12-8-13(16-11-15(3,4)5)10-17(9-12)14(18)19-7-2/h12-13,16H,6-11H2,1-5H3. The van der Waals surface area contributed by atoms with E-state index in [1.54, 1.807) is 0 Å². The van der Waals surface area contributed by atoms with Crippen molar-refractivity contribution in [2.24, 2.45) is 11.3 Å². The summed E-state index contributed by atoms with van der Waals surface area (Å²) in [5.74, 6) is 0.579. The van der Waals surface area contributed by atoms with Crippen LogP contribution in [0.2, 0.25) is 0 Å². The summed E-state index contributed by atoms with van der Waals surface area (Å²) >= 11 is 0. The van der Waals surface area contributed by atoms with Gasteiger partial charge in [0.15, 0.2) is 0 Å². The summed E-state index contributed by atoms with van der Waals surface area (Å²) in [6.07, 6.45) is 2.11. The van der Waals surface area contributed by atoms with Crippen LogP contribution in [0, 0.1) is 11.3 Å². The van der Waals surface area contributed by atoms with E-state index in [-0.39, 0.29) is 11.5 Å². The molecule has 2 unspecified atom stereocenters. The molecule has 4 nitrogen and oxygen atoms in total. The molecule has 1 aliphatic rings. The number of hydrogen-bond donors (Lipinski definition) is 1. The maximum atomic E-state index is 11.9. The summed E-state index contributed by atoms with van der Waals surface area (Å²) in [7, 11) is 0. The van der Waals surface area contributed by atoms with Crippen LogP contribution in [0.1, 0.15) is 47.5 Å². The first-order valence-corrected chi connectivity index (χ1v) is 7.50. The van der Waals surface area contributed by atoms with Gasteiger partial charge in [-0.05, 0) is 24.7 Å². The first kappa shape index (κ1) is 16.3. The van der Waals surface area contributed by atoms with Crippen LogP contribution in [-0.2, 0) is 4.74 Å². The normalized spacial score (nSPS) is 24.4. The molecule has 1 aliphatic heterocycles. The van der Waals surface area contributed by atoms with E-state index in [2.05, 4.69) is 33.0 Å². The molecule has 2 atom stereocenters. The van der Waals surface area contributed by atoms with Gasteiger partial charge >= 0.3 is 6.09 Å². The molecule has 112 valence electrons. The van der Waals surface area contributed by atoms with Crippen LogP contribution < -0.4 is 5.32 Å². The zero-order valence-electron chi connectivity index (χ0n) is 13.2. The van der Waals surface area contributed by atoms with Gasteiger partial charge in [0.05, 0.1) is 6.61 Å². The van der Waals surface area contributed by atoms with Crippen LogP contribution in [0.3, 0.4) is 0 Å². The highest BCUT2D eigenvalue weighted by atomic mass is 16.6. The van der Waals surface area contributed by atoms with Crippen molar-refractivity contribution >= 4 is 6.09 Å². The van der Waals surface area contributed by atoms with Crippen molar-refractivity contribution in [2.45, 2.75) is 53.5 Å². The maximum Gasteiger partial charge on any atom is 0.409 e. The third kappa shape index (κ3) is 5.81. The van der Waals surface area contributed by atoms with E-state index in [9.17, 15) is 4.79 Å². The minimum Gasteiger partial charge on any atom is -0.450 e. The molecule has 19 heavy (non-hydrogen) atoms. The lowest BCUT2D eigenvalue weighted by molar-refractivity contribution is 0.0769. The Bertz CT molecular complexity index is 286. The highest BCUT2D eigenvalue weighted by molar-refractivity contribution is 5.67. The third-order valence-corrected chi connectivity index (χ3v) is 3.56. The van der Waals surface area contributed by atoms with E-state index >= 15 is 0 Å². The molecule has 1 saturated heterocycles. The van der Waals surface area contributed by atoms with E-state index in [4.69, 9.17) is 4.74 Å². The van der Waals surface area contributed by atoms with E-state index in [1.807, 2.05) is 11.8 Å². The minimum atomic E-state index is -0.164. The highest BCUT2D eigenvalue weighted by Crippen LogP contribution is 2.21. The van der Waals surface area contributed by atoms with Crippen LogP contribution in [0.4, 0.5) is 4.79 Å². The largest absolute Gasteiger partial charge is 0.450 e. The number of rotatable bonds is 4. The fourth-order valence-corrected chi connectivity index (χ4v) is 2.46. The van der Waals surface area contributed by atoms with Crippen molar-refractivity contribution in [3.8, 4) is 0 Å². The first-order valence-electron chi connectivity index (χ1n) is 7.50. The maximum absolute atomic E-state index is 11.9. The molecule has 0 aromatic rings. The van der Waals surface area contributed by atoms with Crippen molar-refractivity contribution in [1.29, 1.82) is 0 Å². The lowest BCUT2D eigenvalue weighted by Crippen LogP contribution is -2.52.